The van der Waals surface area contributed by atoms with Gasteiger partial charge in [0.05, 0.1) is 22.7 Å². The van der Waals surface area contributed by atoms with E-state index < -0.39 is 0 Å². The molecule has 6 aliphatic heterocycles. The van der Waals surface area contributed by atoms with Crippen molar-refractivity contribution in [2.24, 2.45) is 0 Å². The molecule has 0 saturated heterocycles. The van der Waals surface area contributed by atoms with Crippen molar-refractivity contribution in [2.45, 2.75) is 108 Å². The zero-order valence-electron chi connectivity index (χ0n) is 59.9. The van der Waals surface area contributed by atoms with Gasteiger partial charge in [-0.05, 0) is 193 Å². The lowest BCUT2D eigenvalue weighted by Gasteiger charge is -2.47. The van der Waals surface area contributed by atoms with Crippen molar-refractivity contribution < 1.29 is 9.59 Å². The predicted molar refractivity (Wildman–Crippen MR) is 437 cm³/mol. The molecule has 13 aromatic carbocycles. The maximum Gasteiger partial charge on any atom is 0.338 e. The summed E-state index contributed by atoms with van der Waals surface area (Å²) in [5.74, 6) is 0. The highest BCUT2D eigenvalue weighted by atomic mass is 16.2. The van der Waals surface area contributed by atoms with Crippen molar-refractivity contribution in [3.05, 3.63) is 274 Å². The minimum Gasteiger partial charge on any atom is -0.263 e. The van der Waals surface area contributed by atoms with E-state index in [1.54, 1.807) is 0 Å². The fraction of sp³-hybridized carbons (Fsp3) is 0.174. The van der Waals surface area contributed by atoms with Gasteiger partial charge in [0.1, 0.15) is 0 Å². The molecule has 13 aromatic rings. The molecule has 0 saturated carbocycles. The van der Waals surface area contributed by atoms with Gasteiger partial charge in [-0.1, -0.05) is 287 Å². The van der Waals surface area contributed by atoms with Crippen LogP contribution in [0.15, 0.2) is 218 Å². The number of amides is 4. The van der Waals surface area contributed by atoms with E-state index in [0.717, 1.165) is 149 Å². The van der Waals surface area contributed by atoms with E-state index >= 15 is 9.59 Å². The number of aryl methyl sites for hydroxylation is 10. The average Bonchev–Trinajstić information content (AvgIpc) is 0.681. The van der Waals surface area contributed by atoms with E-state index in [1.165, 1.54) is 99.7 Å². The first-order valence-corrected chi connectivity index (χ1v) is 37.1. The maximum absolute atomic E-state index is 16.6. The number of hydrogen-bond donors (Lipinski definition) is 0. The Hall–Kier alpha value is -10.8. The first-order valence-electron chi connectivity index (χ1n) is 37.1. The van der Waals surface area contributed by atoms with E-state index in [1.807, 2.05) is 0 Å². The molecule has 0 fully saturated rings. The minimum atomic E-state index is -0.177. The van der Waals surface area contributed by atoms with Gasteiger partial charge in [-0.25, -0.2) is 9.59 Å². The Labute approximate surface area is 601 Å². The predicted octanol–water partition coefficient (Wildman–Crippen LogP) is 14.6. The normalized spacial score (nSPS) is 14.1. The fourth-order valence-electron chi connectivity index (χ4n) is 20.0. The molecule has 4 amide bonds. The molecular weight excluding hydrogens is 1240 g/mol. The summed E-state index contributed by atoms with van der Waals surface area (Å²) in [5.41, 5.74) is 39.4. The van der Waals surface area contributed by atoms with Crippen molar-refractivity contribution >= 4 is 172 Å². The van der Waals surface area contributed by atoms with Crippen LogP contribution in [0, 0.1) is 55.4 Å². The zero-order chi connectivity index (χ0) is 69.4. The van der Waals surface area contributed by atoms with Gasteiger partial charge in [0, 0.05) is 33.5 Å². The molecule has 0 spiro atoms. The van der Waals surface area contributed by atoms with E-state index in [-0.39, 0.29) is 38.9 Å². The van der Waals surface area contributed by atoms with Crippen molar-refractivity contribution in [3.63, 3.8) is 0 Å². The summed E-state index contributed by atoms with van der Waals surface area (Å²) in [6, 6.07) is 81.6. The Morgan fingerprint density at radius 3 is 0.824 bits per heavy atom. The van der Waals surface area contributed by atoms with Gasteiger partial charge in [-0.3, -0.25) is 19.6 Å². The Bertz CT molecular complexity index is 5380. The molecule has 10 heteroatoms. The van der Waals surface area contributed by atoms with Crippen molar-refractivity contribution in [2.75, 3.05) is 19.6 Å². The van der Waals surface area contributed by atoms with Crippen LogP contribution in [0.1, 0.15) is 95.2 Å². The zero-order valence-corrected chi connectivity index (χ0v) is 59.9. The second-order valence-corrected chi connectivity index (χ2v) is 30.0. The number of carbonyl (C=O) groups is 2. The molecule has 490 valence electrons. The number of unbranched alkanes of at least 4 members (excludes halogenated alkanes) is 2. The highest BCUT2D eigenvalue weighted by Crippen LogP contribution is 2.53. The smallest absolute Gasteiger partial charge is 0.263 e. The number of urea groups is 2. The van der Waals surface area contributed by atoms with Gasteiger partial charge in [0.2, 0.25) is 26.9 Å². The second kappa shape index (κ2) is 23.4. The topological polar surface area (TPSA) is 47.1 Å². The number of nitrogens with zero attached hydrogens (tertiary/aromatic N) is 4. The van der Waals surface area contributed by atoms with Crippen molar-refractivity contribution in [1.29, 1.82) is 0 Å². The number of carbonyl (C=O) groups excluding carboxylic acids is 2. The van der Waals surface area contributed by atoms with Gasteiger partial charge in [-0.2, -0.15) is 0 Å². The summed E-state index contributed by atoms with van der Waals surface area (Å²) < 4.78 is 0. The molecular formula is C92H78B4N4O2. The Kier molecular flexibility index (Phi) is 14.3. The third kappa shape index (κ3) is 8.65. The standard InChI is InChI=1S/C92H78B4N4O2/c1-11-13-35-61-49-66(68-52-76-90-82-64(68)46-48-74-88(82)98(78-42-20-16-38-70(78)94(74)84-55(5)29-24-30-56(84)6)92(102)100(90)80-44-22-18-40-72(80)96(76)86-59(9)33-26-34-60(86)10)62(36-14-12-2)50-65(61)67-51-75-89-81-63(67)45-47-73-87(81)97(77-41-19-15-37-69(77)93(73)83-53(3)27-23-28-54(83)4)91(101)99(89)79-43-21-17-39-71(79)95(75)85-57(7)31-25-32-58(85)8/h15-34,37-52H,11-14,35-36H2,1-10H3. The van der Waals surface area contributed by atoms with Crippen molar-refractivity contribution in [3.8, 4) is 22.3 Å². The van der Waals surface area contributed by atoms with Gasteiger partial charge in [-0.15, -0.1) is 0 Å². The molecule has 19 rings (SSSR count). The number of anilines is 8. The maximum atomic E-state index is 16.6. The molecule has 6 nitrogen and oxygen atoms in total. The third-order valence-corrected chi connectivity index (χ3v) is 24.3. The lowest BCUT2D eigenvalue weighted by molar-refractivity contribution is 0.254. The van der Waals surface area contributed by atoms with Crippen LogP contribution < -0.4 is 85.2 Å². The van der Waals surface area contributed by atoms with Crippen LogP contribution in [0.25, 0.3) is 43.8 Å². The van der Waals surface area contributed by atoms with E-state index in [2.05, 4.69) is 307 Å². The number of rotatable bonds is 12. The van der Waals surface area contributed by atoms with Crippen LogP contribution in [-0.4, -0.2) is 38.9 Å². The van der Waals surface area contributed by atoms with Gasteiger partial charge < -0.3 is 0 Å². The first-order chi connectivity index (χ1) is 49.8. The molecule has 6 aliphatic rings. The number of benzene rings is 13. The quantitative estimate of drug-likeness (QED) is 0.114. The Balaban J connectivity index is 0.944. The number of hydrogen-bond acceptors (Lipinski definition) is 2. The van der Waals surface area contributed by atoms with Gasteiger partial charge >= 0.3 is 12.1 Å². The summed E-state index contributed by atoms with van der Waals surface area (Å²) in [7, 11) is 0. The summed E-state index contributed by atoms with van der Waals surface area (Å²) >= 11 is 0. The molecule has 0 aliphatic carbocycles. The molecule has 6 heterocycles. The van der Waals surface area contributed by atoms with Crippen molar-refractivity contribution in [1.82, 2.24) is 0 Å². The largest absolute Gasteiger partial charge is 0.338 e. The van der Waals surface area contributed by atoms with Crippen LogP contribution in [-0.2, 0) is 12.8 Å². The second-order valence-electron chi connectivity index (χ2n) is 30.0. The molecule has 102 heavy (non-hydrogen) atoms. The molecule has 0 atom stereocenters. The van der Waals surface area contributed by atoms with Crippen LogP contribution in [0.5, 0.6) is 0 Å². The van der Waals surface area contributed by atoms with Crippen LogP contribution >= 0.6 is 0 Å². The molecule has 0 N–H and O–H groups in total. The van der Waals surface area contributed by atoms with Crippen LogP contribution in [0.4, 0.5) is 55.1 Å². The van der Waals surface area contributed by atoms with Crippen LogP contribution in [0.3, 0.4) is 0 Å². The Morgan fingerprint density at radius 2 is 0.539 bits per heavy atom. The number of para-hydroxylation sites is 4. The average molecular weight is 1310 g/mol. The minimum absolute atomic E-state index is 0.0537. The lowest BCUT2D eigenvalue weighted by Crippen LogP contribution is -2.65. The summed E-state index contributed by atoms with van der Waals surface area (Å²) in [5, 5.41) is 4.54. The summed E-state index contributed by atoms with van der Waals surface area (Å²) in [4.78, 5) is 41.5. The lowest BCUT2D eigenvalue weighted by atomic mass is 9.32. The number of fused-ring (bicyclic) bond motifs is 8. The van der Waals surface area contributed by atoms with Crippen LogP contribution in [0.2, 0.25) is 0 Å². The third-order valence-electron chi connectivity index (χ3n) is 24.3. The highest BCUT2D eigenvalue weighted by Gasteiger charge is 2.52. The molecule has 0 radical (unpaired) electrons. The summed E-state index contributed by atoms with van der Waals surface area (Å²) in [6.07, 6.45) is 5.76. The monoisotopic (exact) mass is 1310 g/mol. The van der Waals surface area contributed by atoms with Gasteiger partial charge in [0.15, 0.2) is 0 Å². The van der Waals surface area contributed by atoms with E-state index in [9.17, 15) is 0 Å². The highest BCUT2D eigenvalue weighted by molar-refractivity contribution is 7.02. The molecule has 0 bridgehead atoms. The molecule has 0 unspecified atom stereocenters. The SMILES string of the molecule is CCCCc1cc(-c2cc3c4c5c6c(ccc25)B(c2c(C)cccc2C)c2ccccc2N6C(=O)N4c2ccccc2B3c2c(C)cccc2C)c(CCCC)cc1-c1cc2c3c4c5c(ccc14)B(c1c(C)cccc1C)c1ccccc1N5C(=O)N3c1ccccc1B2c1c(C)cccc1C. The summed E-state index contributed by atoms with van der Waals surface area (Å²) in [6.45, 7) is 22.2. The van der Waals surface area contributed by atoms with Gasteiger partial charge in [0.25, 0.3) is 0 Å². The molecule has 0 aromatic heterocycles. The van der Waals surface area contributed by atoms with E-state index in [4.69, 9.17) is 0 Å². The van der Waals surface area contributed by atoms with E-state index in [0.29, 0.717) is 0 Å². The Morgan fingerprint density at radius 1 is 0.275 bits per heavy atom. The first kappa shape index (κ1) is 62.2. The fourth-order valence-corrected chi connectivity index (χ4v) is 20.0.